The van der Waals surface area contributed by atoms with Gasteiger partial charge in [-0.05, 0) is 43.4 Å². The van der Waals surface area contributed by atoms with Crippen molar-refractivity contribution in [1.29, 1.82) is 0 Å². The van der Waals surface area contributed by atoms with Gasteiger partial charge in [-0.2, -0.15) is 0 Å². The Kier molecular flexibility index (Phi) is 5.34. The van der Waals surface area contributed by atoms with Crippen LogP contribution in [0.25, 0.3) is 0 Å². The van der Waals surface area contributed by atoms with Gasteiger partial charge in [0.2, 0.25) is 0 Å². The first kappa shape index (κ1) is 17.0. The van der Waals surface area contributed by atoms with Crippen LogP contribution >= 0.6 is 11.3 Å². The zero-order valence-corrected chi connectivity index (χ0v) is 15.7. The zero-order valence-electron chi connectivity index (χ0n) is 14.9. The predicted octanol–water partition coefficient (Wildman–Crippen LogP) is 3.47. The Hall–Kier alpha value is -1.43. The Labute approximate surface area is 153 Å². The van der Waals surface area contributed by atoms with E-state index in [0.717, 1.165) is 38.4 Å². The second-order valence-electron chi connectivity index (χ2n) is 6.97. The highest BCUT2D eigenvalue weighted by molar-refractivity contribution is 7.11. The molecule has 0 bridgehead atoms. The highest BCUT2D eigenvalue weighted by atomic mass is 32.1. The van der Waals surface area contributed by atoms with E-state index in [1.165, 1.54) is 46.8 Å². The Bertz CT molecular complexity index is 692. The maximum Gasteiger partial charge on any atom is 0.119 e. The van der Waals surface area contributed by atoms with Gasteiger partial charge < -0.3 is 9.47 Å². The summed E-state index contributed by atoms with van der Waals surface area (Å²) in [5.41, 5.74) is 2.64. The van der Waals surface area contributed by atoms with Gasteiger partial charge in [-0.15, -0.1) is 11.3 Å². The summed E-state index contributed by atoms with van der Waals surface area (Å²) in [6, 6.07) is 8.30. The molecule has 1 fully saturated rings. The molecule has 1 atom stereocenters. The van der Waals surface area contributed by atoms with Gasteiger partial charge in [0.15, 0.2) is 0 Å². The second kappa shape index (κ2) is 7.85. The van der Waals surface area contributed by atoms with E-state index in [2.05, 4.69) is 23.1 Å². The van der Waals surface area contributed by atoms with E-state index in [4.69, 9.17) is 14.5 Å². The van der Waals surface area contributed by atoms with E-state index in [1.54, 1.807) is 7.11 Å². The number of hydrogen-bond acceptors (Lipinski definition) is 5. The fourth-order valence-electron chi connectivity index (χ4n) is 3.77. The summed E-state index contributed by atoms with van der Waals surface area (Å²) < 4.78 is 11.3. The normalized spacial score (nSPS) is 21.1. The van der Waals surface area contributed by atoms with Crippen LogP contribution in [0.2, 0.25) is 0 Å². The fraction of sp³-hybridized carbons (Fsp3) is 0.550. The number of fused-ring (bicyclic) bond motifs is 1. The van der Waals surface area contributed by atoms with Gasteiger partial charge in [0.1, 0.15) is 10.8 Å². The van der Waals surface area contributed by atoms with Crippen molar-refractivity contribution in [3.8, 4) is 5.75 Å². The third kappa shape index (κ3) is 4.22. The molecule has 4 nitrogen and oxygen atoms in total. The minimum atomic E-state index is 0.246. The standard InChI is InChI=1S/C20H26N2O2S/c1-23-16-6-4-5-15(11-16)12-17-13-22(9-10-24-17)14-20-21-18-7-2-3-8-19(18)25-20/h4-6,11,17H,2-3,7-10,12-14H2,1H3/t17-/m1/s1. The van der Waals surface area contributed by atoms with Gasteiger partial charge >= 0.3 is 0 Å². The summed E-state index contributed by atoms with van der Waals surface area (Å²) in [6.45, 7) is 3.75. The van der Waals surface area contributed by atoms with E-state index < -0.39 is 0 Å². The quantitative estimate of drug-likeness (QED) is 0.820. The van der Waals surface area contributed by atoms with Crippen molar-refractivity contribution >= 4 is 11.3 Å². The molecular formula is C20H26N2O2S. The maximum atomic E-state index is 6.01. The van der Waals surface area contributed by atoms with Crippen molar-refractivity contribution in [3.05, 3.63) is 45.4 Å². The molecule has 1 aromatic heterocycles. The van der Waals surface area contributed by atoms with Crippen LogP contribution in [0.15, 0.2) is 24.3 Å². The summed E-state index contributed by atoms with van der Waals surface area (Å²) in [5.74, 6) is 0.915. The molecule has 2 aliphatic rings. The number of methoxy groups -OCH3 is 1. The number of aryl methyl sites for hydroxylation is 2. The molecule has 1 aliphatic heterocycles. The molecule has 4 rings (SSSR count). The molecule has 1 saturated heterocycles. The summed E-state index contributed by atoms with van der Waals surface area (Å²) in [6.07, 6.45) is 6.21. The van der Waals surface area contributed by atoms with Crippen LogP contribution in [0, 0.1) is 0 Å². The average Bonchev–Trinajstić information content (AvgIpc) is 3.04. The number of thiazole rings is 1. The zero-order chi connectivity index (χ0) is 17.1. The van der Waals surface area contributed by atoms with Gasteiger partial charge in [-0.1, -0.05) is 12.1 Å². The van der Waals surface area contributed by atoms with E-state index >= 15 is 0 Å². The summed E-state index contributed by atoms with van der Waals surface area (Å²) >= 11 is 1.93. The number of nitrogens with zero attached hydrogens (tertiary/aromatic N) is 2. The lowest BCUT2D eigenvalue weighted by Gasteiger charge is -2.32. The van der Waals surface area contributed by atoms with Crippen molar-refractivity contribution in [2.24, 2.45) is 0 Å². The lowest BCUT2D eigenvalue weighted by Crippen LogP contribution is -2.42. The van der Waals surface area contributed by atoms with Crippen LogP contribution in [0.4, 0.5) is 0 Å². The van der Waals surface area contributed by atoms with Crippen molar-refractivity contribution in [2.75, 3.05) is 26.8 Å². The first-order valence-electron chi connectivity index (χ1n) is 9.24. The van der Waals surface area contributed by atoms with Gasteiger partial charge in [0.05, 0.1) is 32.1 Å². The van der Waals surface area contributed by atoms with Crippen molar-refractivity contribution < 1.29 is 9.47 Å². The molecule has 134 valence electrons. The SMILES string of the molecule is COc1cccc(C[C@@H]2CN(Cc3nc4c(s3)CCCC4)CCO2)c1. The Morgan fingerprint density at radius 3 is 3.12 bits per heavy atom. The van der Waals surface area contributed by atoms with Crippen LogP contribution in [0.5, 0.6) is 5.75 Å². The minimum Gasteiger partial charge on any atom is -0.497 e. The molecule has 0 spiro atoms. The Morgan fingerprint density at radius 2 is 2.24 bits per heavy atom. The molecule has 2 heterocycles. The Balaban J connectivity index is 1.36. The van der Waals surface area contributed by atoms with Crippen LogP contribution in [-0.4, -0.2) is 42.8 Å². The van der Waals surface area contributed by atoms with E-state index in [0.29, 0.717) is 0 Å². The van der Waals surface area contributed by atoms with Crippen LogP contribution < -0.4 is 4.74 Å². The van der Waals surface area contributed by atoms with Gasteiger partial charge in [0, 0.05) is 24.4 Å². The largest absolute Gasteiger partial charge is 0.497 e. The highest BCUT2D eigenvalue weighted by Gasteiger charge is 2.23. The van der Waals surface area contributed by atoms with Crippen LogP contribution in [0.3, 0.4) is 0 Å². The number of rotatable bonds is 5. The molecular weight excluding hydrogens is 332 g/mol. The number of aromatic nitrogens is 1. The van der Waals surface area contributed by atoms with Crippen molar-refractivity contribution in [3.63, 3.8) is 0 Å². The summed E-state index contributed by atoms with van der Waals surface area (Å²) in [5, 5.41) is 1.29. The van der Waals surface area contributed by atoms with Gasteiger partial charge in [-0.3, -0.25) is 4.90 Å². The van der Waals surface area contributed by atoms with Gasteiger partial charge in [0.25, 0.3) is 0 Å². The summed E-state index contributed by atoms with van der Waals surface area (Å²) in [7, 11) is 1.71. The molecule has 25 heavy (non-hydrogen) atoms. The summed E-state index contributed by atoms with van der Waals surface area (Å²) in [4.78, 5) is 8.92. The number of ether oxygens (including phenoxy) is 2. The second-order valence-corrected chi connectivity index (χ2v) is 8.14. The van der Waals surface area contributed by atoms with E-state index in [-0.39, 0.29) is 6.10 Å². The number of benzene rings is 1. The monoisotopic (exact) mass is 358 g/mol. The van der Waals surface area contributed by atoms with Crippen molar-refractivity contribution in [1.82, 2.24) is 9.88 Å². The van der Waals surface area contributed by atoms with Crippen LogP contribution in [0.1, 0.15) is 34.0 Å². The van der Waals surface area contributed by atoms with Crippen molar-refractivity contribution in [2.45, 2.75) is 44.8 Å². The molecule has 0 radical (unpaired) electrons. The minimum absolute atomic E-state index is 0.246. The average molecular weight is 359 g/mol. The topological polar surface area (TPSA) is 34.6 Å². The molecule has 0 amide bonds. The number of hydrogen-bond donors (Lipinski definition) is 0. The lowest BCUT2D eigenvalue weighted by atomic mass is 10.0. The molecule has 0 N–H and O–H groups in total. The third-order valence-corrected chi connectivity index (χ3v) is 6.21. The van der Waals surface area contributed by atoms with E-state index in [1.807, 2.05) is 17.4 Å². The lowest BCUT2D eigenvalue weighted by molar-refractivity contribution is -0.0305. The smallest absolute Gasteiger partial charge is 0.119 e. The molecule has 5 heteroatoms. The fourth-order valence-corrected chi connectivity index (χ4v) is 4.97. The highest BCUT2D eigenvalue weighted by Crippen LogP contribution is 2.28. The molecule has 0 saturated carbocycles. The predicted molar refractivity (Wildman–Crippen MR) is 100 cm³/mol. The Morgan fingerprint density at radius 1 is 1.32 bits per heavy atom. The first-order chi connectivity index (χ1) is 12.3. The third-order valence-electron chi connectivity index (χ3n) is 5.07. The maximum absolute atomic E-state index is 6.01. The van der Waals surface area contributed by atoms with Gasteiger partial charge in [-0.25, -0.2) is 4.98 Å². The number of morpholine rings is 1. The van der Waals surface area contributed by atoms with E-state index in [9.17, 15) is 0 Å². The first-order valence-corrected chi connectivity index (χ1v) is 10.1. The molecule has 1 aromatic carbocycles. The molecule has 1 aliphatic carbocycles. The molecule has 2 aromatic rings. The van der Waals surface area contributed by atoms with Crippen LogP contribution in [-0.2, 0) is 30.5 Å². The molecule has 0 unspecified atom stereocenters.